The molecule has 0 atom stereocenters. The molecule has 2 amide bonds. The van der Waals surface area contributed by atoms with Gasteiger partial charge in [0.1, 0.15) is 0 Å². The first-order chi connectivity index (χ1) is 13.5. The van der Waals surface area contributed by atoms with Crippen LogP contribution in [0.25, 0.3) is 10.2 Å². The Hall–Kier alpha value is -2.73. The highest BCUT2D eigenvalue weighted by atomic mass is 32.1. The Morgan fingerprint density at radius 3 is 2.50 bits per heavy atom. The van der Waals surface area contributed by atoms with E-state index >= 15 is 0 Å². The molecular formula is C22H25N3O2S. The number of hydrogen-bond acceptors (Lipinski definition) is 4. The van der Waals surface area contributed by atoms with E-state index in [2.05, 4.69) is 16.4 Å². The summed E-state index contributed by atoms with van der Waals surface area (Å²) in [5.74, 6) is 0.0291. The average molecular weight is 396 g/mol. The Labute approximate surface area is 169 Å². The van der Waals surface area contributed by atoms with Gasteiger partial charge in [0, 0.05) is 32.6 Å². The van der Waals surface area contributed by atoms with Gasteiger partial charge in [0.15, 0.2) is 0 Å². The van der Waals surface area contributed by atoms with E-state index in [4.69, 9.17) is 0 Å². The molecule has 6 heteroatoms. The summed E-state index contributed by atoms with van der Waals surface area (Å²) in [6, 6.07) is 15.5. The second-order valence-electron chi connectivity index (χ2n) is 6.96. The highest BCUT2D eigenvalue weighted by Gasteiger charge is 2.08. The summed E-state index contributed by atoms with van der Waals surface area (Å²) in [5, 5.41) is 4.08. The maximum atomic E-state index is 12.0. The van der Waals surface area contributed by atoms with Gasteiger partial charge < -0.3 is 10.2 Å². The maximum absolute atomic E-state index is 12.0. The number of thiazole rings is 1. The molecule has 28 heavy (non-hydrogen) atoms. The fourth-order valence-corrected chi connectivity index (χ4v) is 3.91. The Morgan fingerprint density at radius 2 is 1.79 bits per heavy atom. The van der Waals surface area contributed by atoms with Gasteiger partial charge in [0.05, 0.1) is 15.2 Å². The lowest BCUT2D eigenvalue weighted by atomic mass is 10.1. The van der Waals surface area contributed by atoms with Crippen LogP contribution in [0.1, 0.15) is 40.2 Å². The van der Waals surface area contributed by atoms with Crippen LogP contribution in [0.15, 0.2) is 48.5 Å². The van der Waals surface area contributed by atoms with E-state index in [1.807, 2.05) is 30.3 Å². The number of carbonyl (C=O) groups is 2. The van der Waals surface area contributed by atoms with Gasteiger partial charge in [-0.2, -0.15) is 0 Å². The Kier molecular flexibility index (Phi) is 6.76. The number of aryl methyl sites for hydroxylation is 1. The number of benzene rings is 2. The predicted octanol–water partition coefficient (Wildman–Crippen LogP) is 4.03. The first kappa shape index (κ1) is 20.0. The maximum Gasteiger partial charge on any atom is 0.253 e. The van der Waals surface area contributed by atoms with E-state index in [0.29, 0.717) is 18.5 Å². The fourth-order valence-electron chi connectivity index (χ4n) is 2.90. The number of fused-ring (bicyclic) bond motifs is 1. The van der Waals surface area contributed by atoms with Crippen LogP contribution in [0.3, 0.4) is 0 Å². The topological polar surface area (TPSA) is 62.3 Å². The van der Waals surface area contributed by atoms with Crippen molar-refractivity contribution in [3.8, 4) is 0 Å². The molecule has 0 spiro atoms. The van der Waals surface area contributed by atoms with Gasteiger partial charge in [-0.3, -0.25) is 9.59 Å². The van der Waals surface area contributed by atoms with E-state index in [1.165, 1.54) is 4.70 Å². The lowest BCUT2D eigenvalue weighted by Crippen LogP contribution is -2.23. The third-order valence-electron chi connectivity index (χ3n) is 4.48. The van der Waals surface area contributed by atoms with E-state index in [0.717, 1.165) is 35.4 Å². The van der Waals surface area contributed by atoms with E-state index in [1.54, 1.807) is 42.5 Å². The Bertz CT molecular complexity index is 915. The first-order valence-corrected chi connectivity index (χ1v) is 10.3. The van der Waals surface area contributed by atoms with Crippen molar-refractivity contribution in [3.63, 3.8) is 0 Å². The van der Waals surface area contributed by atoms with Gasteiger partial charge in [0.2, 0.25) is 5.91 Å². The zero-order valence-corrected chi connectivity index (χ0v) is 17.1. The third kappa shape index (κ3) is 5.39. The fraction of sp³-hybridized carbons (Fsp3) is 0.318. The van der Waals surface area contributed by atoms with Gasteiger partial charge in [-0.25, -0.2) is 4.98 Å². The molecule has 0 fully saturated rings. The minimum atomic E-state index is -0.0243. The second-order valence-corrected chi connectivity index (χ2v) is 8.07. The second kappa shape index (κ2) is 9.46. The van der Waals surface area contributed by atoms with Gasteiger partial charge in [-0.1, -0.05) is 24.3 Å². The van der Waals surface area contributed by atoms with Crippen LogP contribution in [0.4, 0.5) is 0 Å². The SMILES string of the molecule is CN(C)C(=O)c1ccc(CNC(=O)CCCCc2nc3ccccc3s2)cc1. The van der Waals surface area contributed by atoms with Crippen molar-refractivity contribution in [2.24, 2.45) is 0 Å². The molecule has 3 rings (SSSR count). The molecule has 0 aliphatic rings. The largest absolute Gasteiger partial charge is 0.352 e. The Balaban J connectivity index is 1.37. The van der Waals surface area contributed by atoms with Gasteiger partial charge in [0.25, 0.3) is 5.91 Å². The smallest absolute Gasteiger partial charge is 0.253 e. The normalized spacial score (nSPS) is 10.8. The highest BCUT2D eigenvalue weighted by molar-refractivity contribution is 7.18. The van der Waals surface area contributed by atoms with Crippen LogP contribution in [-0.2, 0) is 17.8 Å². The summed E-state index contributed by atoms with van der Waals surface area (Å²) in [6.07, 6.45) is 3.22. The summed E-state index contributed by atoms with van der Waals surface area (Å²) >= 11 is 1.73. The number of unbranched alkanes of at least 4 members (excludes halogenated alkanes) is 1. The molecule has 5 nitrogen and oxygen atoms in total. The predicted molar refractivity (Wildman–Crippen MR) is 113 cm³/mol. The Morgan fingerprint density at radius 1 is 1.04 bits per heavy atom. The third-order valence-corrected chi connectivity index (χ3v) is 5.58. The standard InChI is InChI=1S/C22H25N3O2S/c1-25(2)22(27)17-13-11-16(12-14-17)15-23-20(26)9-5-6-10-21-24-18-7-3-4-8-19(18)28-21/h3-4,7-8,11-14H,5-6,9-10,15H2,1-2H3,(H,23,26). The molecule has 2 aromatic carbocycles. The molecule has 1 aromatic heterocycles. The van der Waals surface area contributed by atoms with Crippen molar-refractivity contribution in [3.05, 3.63) is 64.7 Å². The molecule has 3 aromatic rings. The minimum Gasteiger partial charge on any atom is -0.352 e. The number of amides is 2. The van der Waals surface area contributed by atoms with Crippen molar-refractivity contribution >= 4 is 33.4 Å². The van der Waals surface area contributed by atoms with Crippen LogP contribution < -0.4 is 5.32 Å². The molecule has 1 N–H and O–H groups in total. The van der Waals surface area contributed by atoms with Crippen molar-refractivity contribution in [2.45, 2.75) is 32.2 Å². The van der Waals surface area contributed by atoms with E-state index < -0.39 is 0 Å². The lowest BCUT2D eigenvalue weighted by molar-refractivity contribution is -0.121. The van der Waals surface area contributed by atoms with Gasteiger partial charge in [-0.15, -0.1) is 11.3 Å². The molecule has 0 saturated carbocycles. The van der Waals surface area contributed by atoms with Crippen LogP contribution in [-0.4, -0.2) is 35.8 Å². The first-order valence-electron chi connectivity index (χ1n) is 9.44. The molecule has 0 bridgehead atoms. The molecule has 0 aliphatic carbocycles. The average Bonchev–Trinajstić information content (AvgIpc) is 3.12. The zero-order chi connectivity index (χ0) is 19.9. The number of hydrogen-bond donors (Lipinski definition) is 1. The number of rotatable bonds is 8. The minimum absolute atomic E-state index is 0.0243. The molecular weight excluding hydrogens is 370 g/mol. The number of nitrogens with zero attached hydrogens (tertiary/aromatic N) is 2. The van der Waals surface area contributed by atoms with Gasteiger partial charge >= 0.3 is 0 Å². The summed E-state index contributed by atoms with van der Waals surface area (Å²) in [5.41, 5.74) is 2.69. The molecule has 0 saturated heterocycles. The summed E-state index contributed by atoms with van der Waals surface area (Å²) < 4.78 is 1.22. The molecule has 0 unspecified atom stereocenters. The van der Waals surface area contributed by atoms with Crippen LogP contribution in [0.2, 0.25) is 0 Å². The number of aromatic nitrogens is 1. The summed E-state index contributed by atoms with van der Waals surface area (Å²) in [6.45, 7) is 0.479. The molecule has 0 aliphatic heterocycles. The van der Waals surface area contributed by atoms with Crippen LogP contribution in [0, 0.1) is 0 Å². The molecule has 146 valence electrons. The van der Waals surface area contributed by atoms with Crippen molar-refractivity contribution in [2.75, 3.05) is 14.1 Å². The monoisotopic (exact) mass is 395 g/mol. The quantitative estimate of drug-likeness (QED) is 0.586. The number of carbonyl (C=O) groups excluding carboxylic acids is 2. The molecule has 0 radical (unpaired) electrons. The van der Waals surface area contributed by atoms with Crippen molar-refractivity contribution in [1.29, 1.82) is 0 Å². The van der Waals surface area contributed by atoms with Gasteiger partial charge in [-0.05, 0) is 49.1 Å². The van der Waals surface area contributed by atoms with Crippen LogP contribution >= 0.6 is 11.3 Å². The van der Waals surface area contributed by atoms with Crippen LogP contribution in [0.5, 0.6) is 0 Å². The van der Waals surface area contributed by atoms with E-state index in [-0.39, 0.29) is 11.8 Å². The highest BCUT2D eigenvalue weighted by Crippen LogP contribution is 2.22. The van der Waals surface area contributed by atoms with Crippen molar-refractivity contribution < 1.29 is 9.59 Å². The number of nitrogens with one attached hydrogen (secondary N) is 1. The number of para-hydroxylation sites is 1. The summed E-state index contributed by atoms with van der Waals surface area (Å²) in [7, 11) is 3.46. The molecule has 1 heterocycles. The lowest BCUT2D eigenvalue weighted by Gasteiger charge is -2.11. The van der Waals surface area contributed by atoms with E-state index in [9.17, 15) is 9.59 Å². The van der Waals surface area contributed by atoms with Crippen molar-refractivity contribution in [1.82, 2.24) is 15.2 Å². The zero-order valence-electron chi connectivity index (χ0n) is 16.3. The summed E-state index contributed by atoms with van der Waals surface area (Å²) in [4.78, 5) is 30.1.